The Bertz CT molecular complexity index is 1010. The van der Waals surface area contributed by atoms with Gasteiger partial charge < -0.3 is 5.73 Å². The van der Waals surface area contributed by atoms with E-state index in [1.807, 2.05) is 20.8 Å². The Morgan fingerprint density at radius 1 is 1.37 bits per heavy atom. The molecule has 0 atom stereocenters. The number of aromatic nitrogens is 3. The van der Waals surface area contributed by atoms with Crippen LogP contribution in [-0.2, 0) is 6.54 Å². The van der Waals surface area contributed by atoms with Crippen molar-refractivity contribution in [2.45, 2.75) is 72.9 Å². The van der Waals surface area contributed by atoms with E-state index in [0.717, 1.165) is 25.7 Å². The second kappa shape index (κ2) is 8.17. The Labute approximate surface area is 181 Å². The van der Waals surface area contributed by atoms with Crippen molar-refractivity contribution in [3.63, 3.8) is 0 Å². The summed E-state index contributed by atoms with van der Waals surface area (Å²) >= 11 is 6.28. The molecule has 3 rings (SSSR count). The maximum Gasteiger partial charge on any atom is 0.343 e. The standard InChI is InChI=1S/C22H31ClFN5O/c1-21(2,3)19(25)26-12-13-10-15(16(23)11-17(13)24)18-27-20(30)29(28-18)14-6-8-22(4,5)9-7-14/h10-11,14H,6-9,12H2,1-5H3,(H2,25,26)(H,27,28,30). The van der Waals surface area contributed by atoms with Crippen LogP contribution in [0.25, 0.3) is 11.4 Å². The Hall–Kier alpha value is -2.15. The van der Waals surface area contributed by atoms with Gasteiger partial charge in [0.25, 0.3) is 0 Å². The van der Waals surface area contributed by atoms with E-state index in [9.17, 15) is 9.18 Å². The molecular formula is C22H31ClFN5O. The molecule has 1 fully saturated rings. The first-order valence-electron chi connectivity index (χ1n) is 10.3. The van der Waals surface area contributed by atoms with E-state index < -0.39 is 5.82 Å². The van der Waals surface area contributed by atoms with Crippen LogP contribution in [0.5, 0.6) is 0 Å². The summed E-state index contributed by atoms with van der Waals surface area (Å²) in [6, 6.07) is 2.88. The van der Waals surface area contributed by atoms with Crippen molar-refractivity contribution in [1.29, 1.82) is 0 Å². The zero-order valence-corrected chi connectivity index (χ0v) is 19.1. The summed E-state index contributed by atoms with van der Waals surface area (Å²) in [5.74, 6) is 0.311. The van der Waals surface area contributed by atoms with Crippen LogP contribution >= 0.6 is 11.6 Å². The lowest BCUT2D eigenvalue weighted by molar-refractivity contribution is 0.183. The SMILES string of the molecule is CC1(C)CCC(n2nc(-c3cc(CN=C(N)C(C)(C)C)c(F)cc3Cl)[nH]c2=O)CC1. The second-order valence-electron chi connectivity index (χ2n) is 9.99. The Kier molecular flexibility index (Phi) is 6.14. The van der Waals surface area contributed by atoms with Crippen molar-refractivity contribution in [1.82, 2.24) is 14.8 Å². The molecule has 1 aliphatic rings. The topological polar surface area (TPSA) is 89.1 Å². The number of benzene rings is 1. The van der Waals surface area contributed by atoms with Crippen LogP contribution in [0.3, 0.4) is 0 Å². The van der Waals surface area contributed by atoms with Crippen molar-refractivity contribution in [3.8, 4) is 11.4 Å². The highest BCUT2D eigenvalue weighted by atomic mass is 35.5. The van der Waals surface area contributed by atoms with Gasteiger partial charge in [0, 0.05) is 16.5 Å². The molecule has 8 heteroatoms. The summed E-state index contributed by atoms with van der Waals surface area (Å²) < 4.78 is 16.0. The van der Waals surface area contributed by atoms with Crippen LogP contribution < -0.4 is 11.4 Å². The lowest BCUT2D eigenvalue weighted by Crippen LogP contribution is -2.29. The number of hydrogen-bond donors (Lipinski definition) is 2. The van der Waals surface area contributed by atoms with Gasteiger partial charge in [0.15, 0.2) is 5.82 Å². The summed E-state index contributed by atoms with van der Waals surface area (Å²) in [5, 5.41) is 4.69. The summed E-state index contributed by atoms with van der Waals surface area (Å²) in [6.45, 7) is 10.4. The Morgan fingerprint density at radius 2 is 2.00 bits per heavy atom. The molecule has 1 heterocycles. The largest absolute Gasteiger partial charge is 0.387 e. The van der Waals surface area contributed by atoms with Gasteiger partial charge in [-0.1, -0.05) is 46.2 Å². The molecule has 30 heavy (non-hydrogen) atoms. The van der Waals surface area contributed by atoms with Crippen LogP contribution in [-0.4, -0.2) is 20.6 Å². The van der Waals surface area contributed by atoms with E-state index in [1.165, 1.54) is 10.7 Å². The van der Waals surface area contributed by atoms with Gasteiger partial charge >= 0.3 is 5.69 Å². The van der Waals surface area contributed by atoms with E-state index in [2.05, 4.69) is 28.9 Å². The van der Waals surface area contributed by atoms with E-state index in [1.54, 1.807) is 6.07 Å². The fraction of sp³-hybridized carbons (Fsp3) is 0.591. The number of nitrogens with one attached hydrogen (secondary N) is 1. The van der Waals surface area contributed by atoms with Crippen molar-refractivity contribution in [2.24, 2.45) is 21.6 Å². The molecule has 2 aromatic rings. The van der Waals surface area contributed by atoms with Crippen molar-refractivity contribution >= 4 is 17.4 Å². The van der Waals surface area contributed by atoms with Gasteiger partial charge in [-0.05, 0) is 43.2 Å². The maximum atomic E-state index is 14.4. The number of nitrogens with zero attached hydrogens (tertiary/aromatic N) is 3. The smallest absolute Gasteiger partial charge is 0.343 e. The van der Waals surface area contributed by atoms with Gasteiger partial charge in [-0.3, -0.25) is 9.98 Å². The van der Waals surface area contributed by atoms with Gasteiger partial charge in [0.2, 0.25) is 0 Å². The van der Waals surface area contributed by atoms with Gasteiger partial charge in [0.1, 0.15) is 5.82 Å². The maximum absolute atomic E-state index is 14.4. The van der Waals surface area contributed by atoms with Crippen LogP contribution in [0.2, 0.25) is 5.02 Å². The predicted octanol–water partition coefficient (Wildman–Crippen LogP) is 5.08. The number of amidine groups is 1. The average Bonchev–Trinajstić information content (AvgIpc) is 3.01. The minimum atomic E-state index is -0.467. The minimum Gasteiger partial charge on any atom is -0.387 e. The van der Waals surface area contributed by atoms with E-state index in [4.69, 9.17) is 17.3 Å². The summed E-state index contributed by atoms with van der Waals surface area (Å²) in [5.41, 5.74) is 6.53. The zero-order chi connectivity index (χ0) is 22.3. The molecule has 164 valence electrons. The monoisotopic (exact) mass is 435 g/mol. The van der Waals surface area contributed by atoms with E-state index in [0.29, 0.717) is 28.2 Å². The number of nitrogens with two attached hydrogens (primary N) is 1. The summed E-state index contributed by atoms with van der Waals surface area (Å²) in [6.07, 6.45) is 3.89. The molecule has 0 aliphatic heterocycles. The highest BCUT2D eigenvalue weighted by Gasteiger charge is 2.29. The highest BCUT2D eigenvalue weighted by Crippen LogP contribution is 2.39. The lowest BCUT2D eigenvalue weighted by atomic mass is 9.76. The molecule has 0 bridgehead atoms. The molecule has 1 aromatic carbocycles. The number of aromatic amines is 1. The predicted molar refractivity (Wildman–Crippen MR) is 119 cm³/mol. The molecule has 3 N–H and O–H groups in total. The molecule has 0 unspecified atom stereocenters. The fourth-order valence-corrected chi connectivity index (χ4v) is 3.88. The third kappa shape index (κ3) is 4.94. The molecule has 0 amide bonds. The van der Waals surface area contributed by atoms with E-state index in [-0.39, 0.29) is 28.7 Å². The third-order valence-electron chi connectivity index (χ3n) is 5.88. The third-order valence-corrected chi connectivity index (χ3v) is 6.19. The first-order valence-corrected chi connectivity index (χ1v) is 10.7. The van der Waals surface area contributed by atoms with Gasteiger partial charge in [-0.25, -0.2) is 13.9 Å². The Morgan fingerprint density at radius 3 is 2.60 bits per heavy atom. The molecular weight excluding hydrogens is 405 g/mol. The van der Waals surface area contributed by atoms with E-state index >= 15 is 0 Å². The zero-order valence-electron chi connectivity index (χ0n) is 18.4. The molecule has 1 aliphatic carbocycles. The van der Waals surface area contributed by atoms with Gasteiger partial charge in [0.05, 0.1) is 23.4 Å². The van der Waals surface area contributed by atoms with Crippen molar-refractivity contribution < 1.29 is 4.39 Å². The summed E-state index contributed by atoms with van der Waals surface area (Å²) in [4.78, 5) is 19.7. The number of aliphatic imine (C=N–C) groups is 1. The number of halogens is 2. The Balaban J connectivity index is 1.90. The quantitative estimate of drug-likeness (QED) is 0.518. The fourth-order valence-electron chi connectivity index (χ4n) is 3.64. The van der Waals surface area contributed by atoms with Crippen molar-refractivity contribution in [3.05, 3.63) is 39.0 Å². The van der Waals surface area contributed by atoms with Gasteiger partial charge in [-0.15, -0.1) is 5.10 Å². The molecule has 1 aromatic heterocycles. The molecule has 0 radical (unpaired) electrons. The molecule has 0 spiro atoms. The number of hydrogen-bond acceptors (Lipinski definition) is 3. The highest BCUT2D eigenvalue weighted by molar-refractivity contribution is 6.33. The van der Waals surface area contributed by atoms with Crippen LogP contribution in [0.4, 0.5) is 4.39 Å². The second-order valence-corrected chi connectivity index (χ2v) is 10.4. The van der Waals surface area contributed by atoms with Crippen LogP contribution in [0, 0.1) is 16.6 Å². The molecule has 6 nitrogen and oxygen atoms in total. The normalized spacial score (nSPS) is 18.0. The number of rotatable bonds is 4. The lowest BCUT2D eigenvalue weighted by Gasteiger charge is -2.33. The average molecular weight is 436 g/mol. The van der Waals surface area contributed by atoms with Crippen LogP contribution in [0.15, 0.2) is 21.9 Å². The molecule has 1 saturated carbocycles. The first-order chi connectivity index (χ1) is 13.9. The molecule has 0 saturated heterocycles. The summed E-state index contributed by atoms with van der Waals surface area (Å²) in [7, 11) is 0. The van der Waals surface area contributed by atoms with Crippen molar-refractivity contribution in [2.75, 3.05) is 0 Å². The van der Waals surface area contributed by atoms with Gasteiger partial charge in [-0.2, -0.15) is 0 Å². The minimum absolute atomic E-state index is 0.0606. The van der Waals surface area contributed by atoms with Crippen LogP contribution in [0.1, 0.15) is 71.9 Å². The number of H-pyrrole nitrogens is 1. The first kappa shape index (κ1) is 22.5.